The largest absolute Gasteiger partial charge is 0.480 e. The van der Waals surface area contributed by atoms with Crippen LogP contribution in [0, 0.1) is 0 Å². The molecular formula is C29H31F6N7O3. The number of rotatable bonds is 7. The lowest BCUT2D eigenvalue weighted by atomic mass is 10.0. The van der Waals surface area contributed by atoms with E-state index >= 15 is 0 Å². The number of nitrogens with zero attached hydrogens (tertiary/aromatic N) is 7. The third kappa shape index (κ3) is 6.83. The normalized spacial score (nSPS) is 20.6. The first-order valence-corrected chi connectivity index (χ1v) is 14.3. The number of halogens is 6. The second-order valence-corrected chi connectivity index (χ2v) is 11.3. The SMILES string of the molecule is CCC1CC(N(Cc2cc(C(F)(F)F)cc(C(F)(F)F)c2)c2ncc(-c3cnn(C)c3)cn2)CN1C(=O)N1CCCC1C(=O)O. The minimum absolute atomic E-state index is 0.0407. The highest BCUT2D eigenvalue weighted by molar-refractivity contribution is 5.83. The molecule has 1 N–H and O–H groups in total. The summed E-state index contributed by atoms with van der Waals surface area (Å²) < 4.78 is 83.6. The number of urea groups is 1. The van der Waals surface area contributed by atoms with Crippen LogP contribution in [0.5, 0.6) is 0 Å². The van der Waals surface area contributed by atoms with Gasteiger partial charge >= 0.3 is 24.4 Å². The average Bonchev–Trinajstić information content (AvgIpc) is 3.74. The van der Waals surface area contributed by atoms with E-state index in [0.717, 1.165) is 0 Å². The van der Waals surface area contributed by atoms with E-state index in [1.807, 2.05) is 6.92 Å². The van der Waals surface area contributed by atoms with Crippen LogP contribution in [0.4, 0.5) is 37.1 Å². The van der Waals surface area contributed by atoms with Crippen LogP contribution in [0.1, 0.15) is 49.3 Å². The van der Waals surface area contributed by atoms with E-state index in [4.69, 9.17) is 0 Å². The molecule has 2 saturated heterocycles. The molecule has 2 aliphatic heterocycles. The maximum Gasteiger partial charge on any atom is 0.416 e. The molecule has 0 spiro atoms. The van der Waals surface area contributed by atoms with Crippen LogP contribution >= 0.6 is 0 Å². The number of aliphatic carboxylic acids is 1. The molecule has 3 atom stereocenters. The highest BCUT2D eigenvalue weighted by Gasteiger charge is 2.44. The monoisotopic (exact) mass is 639 g/mol. The van der Waals surface area contributed by atoms with Crippen LogP contribution in [0.25, 0.3) is 11.1 Å². The number of aromatic nitrogens is 4. The molecule has 10 nitrogen and oxygen atoms in total. The first-order valence-electron chi connectivity index (χ1n) is 14.3. The summed E-state index contributed by atoms with van der Waals surface area (Å²) >= 11 is 0. The average molecular weight is 640 g/mol. The minimum Gasteiger partial charge on any atom is -0.480 e. The molecule has 2 aliphatic rings. The van der Waals surface area contributed by atoms with Gasteiger partial charge in [0.1, 0.15) is 6.04 Å². The molecule has 4 heterocycles. The lowest BCUT2D eigenvalue weighted by Gasteiger charge is -2.32. The zero-order chi connectivity index (χ0) is 32.7. The van der Waals surface area contributed by atoms with Crippen LogP contribution in [-0.4, -0.2) is 77.9 Å². The van der Waals surface area contributed by atoms with Crippen LogP contribution in [-0.2, 0) is 30.7 Å². The molecule has 3 unspecified atom stereocenters. The molecular weight excluding hydrogens is 608 g/mol. The van der Waals surface area contributed by atoms with Crippen LogP contribution in [0.15, 0.2) is 43.0 Å². The summed E-state index contributed by atoms with van der Waals surface area (Å²) in [6.45, 7) is 1.74. The molecule has 2 aromatic heterocycles. The maximum atomic E-state index is 13.7. The van der Waals surface area contributed by atoms with Crippen molar-refractivity contribution < 1.29 is 41.0 Å². The van der Waals surface area contributed by atoms with Crippen molar-refractivity contribution in [2.24, 2.45) is 7.05 Å². The van der Waals surface area contributed by atoms with E-state index in [0.29, 0.717) is 48.9 Å². The fourth-order valence-electron chi connectivity index (χ4n) is 6.02. The number of alkyl halides is 6. The number of carboxylic acid groups (broad SMARTS) is 1. The quantitative estimate of drug-likeness (QED) is 0.343. The standard InChI is InChI=1S/C29H31F6N7O3/c1-3-22-10-23(16-42(22)27(45)40-6-4-5-24(40)25(43)44)41(26-36-11-18(12-37-26)19-13-38-39(2)15-19)14-17-7-20(28(30,31)32)9-21(8-17)29(33,34)35/h7-9,11-13,15,22-24H,3-6,10,14,16H2,1-2H3,(H,43,44). The third-order valence-corrected chi connectivity index (χ3v) is 8.27. The van der Waals surface area contributed by atoms with Crippen molar-refractivity contribution in [2.75, 3.05) is 18.0 Å². The number of hydrogen-bond donors (Lipinski definition) is 1. The maximum absolute atomic E-state index is 13.7. The Balaban J connectivity index is 1.51. The second-order valence-electron chi connectivity index (χ2n) is 11.3. The van der Waals surface area contributed by atoms with Crippen molar-refractivity contribution in [1.29, 1.82) is 0 Å². The van der Waals surface area contributed by atoms with E-state index in [-0.39, 0.29) is 36.7 Å². The molecule has 0 radical (unpaired) electrons. The van der Waals surface area contributed by atoms with Gasteiger partial charge in [-0.2, -0.15) is 31.4 Å². The Bertz CT molecular complexity index is 1510. The topological polar surface area (TPSA) is 108 Å². The molecule has 0 saturated carbocycles. The molecule has 2 amide bonds. The first-order chi connectivity index (χ1) is 21.2. The smallest absolute Gasteiger partial charge is 0.416 e. The van der Waals surface area contributed by atoms with Gasteiger partial charge in [0.05, 0.1) is 23.4 Å². The van der Waals surface area contributed by atoms with Crippen molar-refractivity contribution in [1.82, 2.24) is 29.5 Å². The van der Waals surface area contributed by atoms with Gasteiger partial charge in [0, 0.05) is 62.4 Å². The van der Waals surface area contributed by atoms with E-state index < -0.39 is 54.1 Å². The van der Waals surface area contributed by atoms with Crippen molar-refractivity contribution >= 4 is 17.9 Å². The summed E-state index contributed by atoms with van der Waals surface area (Å²) in [4.78, 5) is 38.6. The zero-order valence-electron chi connectivity index (χ0n) is 24.4. The molecule has 45 heavy (non-hydrogen) atoms. The van der Waals surface area contributed by atoms with Gasteiger partial charge < -0.3 is 19.8 Å². The van der Waals surface area contributed by atoms with Gasteiger partial charge in [-0.15, -0.1) is 0 Å². The first kappa shape index (κ1) is 32.0. The van der Waals surface area contributed by atoms with Gasteiger partial charge in [0.2, 0.25) is 5.95 Å². The van der Waals surface area contributed by atoms with Gasteiger partial charge in [0.25, 0.3) is 0 Å². The molecule has 1 aromatic carbocycles. The number of carboxylic acids is 1. The Labute approximate surface area is 254 Å². The summed E-state index contributed by atoms with van der Waals surface area (Å²) in [5.74, 6) is -1.06. The van der Waals surface area contributed by atoms with Crippen LogP contribution < -0.4 is 4.90 Å². The predicted molar refractivity (Wildman–Crippen MR) is 149 cm³/mol. The Kier molecular flexibility index (Phi) is 8.68. The molecule has 2 fully saturated rings. The summed E-state index contributed by atoms with van der Waals surface area (Å²) in [6.07, 6.45) is -2.12. The van der Waals surface area contributed by atoms with Gasteiger partial charge in [0.15, 0.2) is 0 Å². The van der Waals surface area contributed by atoms with Gasteiger partial charge in [-0.25, -0.2) is 19.6 Å². The predicted octanol–water partition coefficient (Wildman–Crippen LogP) is 5.44. The Morgan fingerprint density at radius 3 is 2.16 bits per heavy atom. The Morgan fingerprint density at radius 1 is 0.978 bits per heavy atom. The zero-order valence-corrected chi connectivity index (χ0v) is 24.4. The summed E-state index contributed by atoms with van der Waals surface area (Å²) in [7, 11) is 1.73. The van der Waals surface area contributed by atoms with Crippen molar-refractivity contribution in [3.05, 3.63) is 59.7 Å². The van der Waals surface area contributed by atoms with E-state index in [1.165, 1.54) is 27.1 Å². The number of carbonyl (C=O) groups is 2. The molecule has 242 valence electrons. The summed E-state index contributed by atoms with van der Waals surface area (Å²) in [6, 6.07) is -0.989. The number of carbonyl (C=O) groups excluding carboxylic acids is 1. The molecule has 5 rings (SSSR count). The van der Waals surface area contributed by atoms with Crippen LogP contribution in [0.2, 0.25) is 0 Å². The highest BCUT2D eigenvalue weighted by Crippen LogP contribution is 2.38. The second kappa shape index (κ2) is 12.2. The fraction of sp³-hybridized carbons (Fsp3) is 0.483. The van der Waals surface area contributed by atoms with Crippen molar-refractivity contribution in [3.63, 3.8) is 0 Å². The van der Waals surface area contributed by atoms with Gasteiger partial charge in [-0.05, 0) is 49.4 Å². The van der Waals surface area contributed by atoms with Gasteiger partial charge in [-0.3, -0.25) is 4.68 Å². The molecule has 3 aromatic rings. The molecule has 0 bridgehead atoms. The fourth-order valence-corrected chi connectivity index (χ4v) is 6.02. The van der Waals surface area contributed by atoms with Crippen molar-refractivity contribution in [2.45, 2.75) is 69.6 Å². The summed E-state index contributed by atoms with van der Waals surface area (Å²) in [5, 5.41) is 13.7. The lowest BCUT2D eigenvalue weighted by Crippen LogP contribution is -2.50. The van der Waals surface area contributed by atoms with E-state index in [9.17, 15) is 41.0 Å². The van der Waals surface area contributed by atoms with Crippen molar-refractivity contribution in [3.8, 4) is 11.1 Å². The van der Waals surface area contributed by atoms with Crippen LogP contribution in [0.3, 0.4) is 0 Å². The highest BCUT2D eigenvalue weighted by atomic mass is 19.4. The Morgan fingerprint density at radius 2 is 1.62 bits per heavy atom. The van der Waals surface area contributed by atoms with Gasteiger partial charge in [-0.1, -0.05) is 6.92 Å². The third-order valence-electron chi connectivity index (χ3n) is 8.27. The number of aryl methyl sites for hydroxylation is 1. The number of amides is 2. The number of anilines is 1. The number of hydrogen-bond acceptors (Lipinski definition) is 6. The number of likely N-dealkylation sites (tertiary alicyclic amines) is 2. The number of benzene rings is 1. The summed E-state index contributed by atoms with van der Waals surface area (Å²) in [5.41, 5.74) is -1.85. The Hall–Kier alpha value is -4.37. The van der Waals surface area contributed by atoms with E-state index in [1.54, 1.807) is 24.1 Å². The minimum atomic E-state index is -5.02. The molecule has 0 aliphatic carbocycles. The lowest BCUT2D eigenvalue weighted by molar-refractivity contribution is -0.143. The molecule has 16 heteroatoms. The van der Waals surface area contributed by atoms with E-state index in [2.05, 4.69) is 15.1 Å².